The van der Waals surface area contributed by atoms with E-state index in [1.165, 1.54) is 0 Å². The number of rotatable bonds is 10. The molecule has 166 valence electrons. The molecule has 6 heteroatoms. The Morgan fingerprint density at radius 1 is 1.06 bits per heavy atom. The van der Waals surface area contributed by atoms with Crippen LogP contribution in [0.15, 0.2) is 54.7 Å². The second kappa shape index (κ2) is 11.9. The zero-order valence-electron chi connectivity index (χ0n) is 18.5. The van der Waals surface area contributed by atoms with E-state index in [-0.39, 0.29) is 17.6 Å². The zero-order chi connectivity index (χ0) is 22.8. The Morgan fingerprint density at radius 3 is 2.26 bits per heavy atom. The molecule has 2 aromatic rings. The van der Waals surface area contributed by atoms with Gasteiger partial charge in [-0.1, -0.05) is 50.3 Å². The molecule has 6 nitrogen and oxygen atoms in total. The molecule has 0 saturated carbocycles. The van der Waals surface area contributed by atoms with Crippen LogP contribution in [-0.2, 0) is 35.3 Å². The summed E-state index contributed by atoms with van der Waals surface area (Å²) in [5.41, 5.74) is 10.2. The Bertz CT molecular complexity index is 884. The number of hydrogen-bond donors (Lipinski definition) is 4. The number of carbonyl (C=O) groups excluding carboxylic acids is 2. The van der Waals surface area contributed by atoms with Gasteiger partial charge in [0.05, 0.1) is 6.04 Å². The number of benzene rings is 2. The summed E-state index contributed by atoms with van der Waals surface area (Å²) in [6.07, 6.45) is 5.98. The van der Waals surface area contributed by atoms with Crippen molar-refractivity contribution in [2.24, 2.45) is 5.73 Å². The van der Waals surface area contributed by atoms with E-state index in [1.807, 2.05) is 50.3 Å². The van der Waals surface area contributed by atoms with E-state index in [0.29, 0.717) is 12.8 Å². The summed E-state index contributed by atoms with van der Waals surface area (Å²) in [6, 6.07) is 11.9. The lowest BCUT2D eigenvalue weighted by Crippen LogP contribution is -2.50. The van der Waals surface area contributed by atoms with Crippen LogP contribution >= 0.6 is 0 Å². The number of phenols is 1. The molecule has 0 aliphatic carbocycles. The fourth-order valence-electron chi connectivity index (χ4n) is 3.45. The molecule has 0 fully saturated rings. The first kappa shape index (κ1) is 24.2. The summed E-state index contributed by atoms with van der Waals surface area (Å²) in [7, 11) is 0. The van der Waals surface area contributed by atoms with Gasteiger partial charge in [-0.15, -0.1) is 0 Å². The monoisotopic (exact) mass is 423 g/mol. The van der Waals surface area contributed by atoms with Crippen LogP contribution in [0.25, 0.3) is 0 Å². The van der Waals surface area contributed by atoms with Gasteiger partial charge in [0.25, 0.3) is 0 Å². The maximum absolute atomic E-state index is 12.6. The molecule has 2 aromatic carbocycles. The maximum Gasteiger partial charge on any atom is 0.246 e. The highest BCUT2D eigenvalue weighted by molar-refractivity contribution is 5.89. The molecule has 0 aliphatic rings. The van der Waals surface area contributed by atoms with Crippen LogP contribution in [0.3, 0.4) is 0 Å². The number of nitrogens with two attached hydrogens (primary N) is 1. The largest absolute Gasteiger partial charge is 0.508 e. The molecule has 0 aliphatic heterocycles. The Labute approximate surface area is 184 Å². The highest BCUT2D eigenvalue weighted by Crippen LogP contribution is 2.24. The SMILES string of the molecule is CCc1cc(O)cc(CC)c1C[C@H](N)C(=O)N[C@H](C)C(=O)NC=CCc1ccccc1. The summed E-state index contributed by atoms with van der Waals surface area (Å²) in [4.78, 5) is 24.8. The summed E-state index contributed by atoms with van der Waals surface area (Å²) < 4.78 is 0. The first-order valence-electron chi connectivity index (χ1n) is 10.7. The lowest BCUT2D eigenvalue weighted by Gasteiger charge is -2.20. The van der Waals surface area contributed by atoms with E-state index in [1.54, 1.807) is 25.3 Å². The highest BCUT2D eigenvalue weighted by atomic mass is 16.3. The fraction of sp³-hybridized carbons (Fsp3) is 0.360. The maximum atomic E-state index is 12.6. The van der Waals surface area contributed by atoms with Crippen LogP contribution in [-0.4, -0.2) is 29.0 Å². The van der Waals surface area contributed by atoms with Crippen molar-refractivity contribution in [1.82, 2.24) is 10.6 Å². The van der Waals surface area contributed by atoms with Crippen LogP contribution in [0.2, 0.25) is 0 Å². The van der Waals surface area contributed by atoms with E-state index >= 15 is 0 Å². The molecule has 0 aromatic heterocycles. The van der Waals surface area contributed by atoms with Crippen molar-refractivity contribution in [2.45, 2.75) is 58.5 Å². The van der Waals surface area contributed by atoms with Gasteiger partial charge in [-0.25, -0.2) is 0 Å². The third kappa shape index (κ3) is 7.26. The number of aromatic hydroxyl groups is 1. The predicted molar refractivity (Wildman–Crippen MR) is 124 cm³/mol. The Morgan fingerprint density at radius 2 is 1.68 bits per heavy atom. The first-order valence-corrected chi connectivity index (χ1v) is 10.7. The first-order chi connectivity index (χ1) is 14.8. The number of hydrogen-bond acceptors (Lipinski definition) is 4. The Balaban J connectivity index is 1.90. The lowest BCUT2D eigenvalue weighted by atomic mass is 9.92. The molecule has 5 N–H and O–H groups in total. The normalized spacial score (nSPS) is 13.0. The molecule has 31 heavy (non-hydrogen) atoms. The second-order valence-corrected chi connectivity index (χ2v) is 7.59. The third-order valence-corrected chi connectivity index (χ3v) is 5.23. The van der Waals surface area contributed by atoms with Gasteiger partial charge in [0.1, 0.15) is 11.8 Å². The average Bonchev–Trinajstić information content (AvgIpc) is 2.77. The molecule has 0 saturated heterocycles. The topological polar surface area (TPSA) is 104 Å². The van der Waals surface area contributed by atoms with Gasteiger partial charge in [0.2, 0.25) is 11.8 Å². The number of allylic oxidation sites excluding steroid dienone is 1. The van der Waals surface area contributed by atoms with Crippen molar-refractivity contribution in [2.75, 3.05) is 0 Å². The molecule has 2 rings (SSSR count). The van der Waals surface area contributed by atoms with Crippen LogP contribution in [0.1, 0.15) is 43.0 Å². The van der Waals surface area contributed by atoms with Gasteiger partial charge in [-0.3, -0.25) is 9.59 Å². The number of nitrogens with one attached hydrogen (secondary N) is 2. The molecule has 0 unspecified atom stereocenters. The fourth-order valence-corrected chi connectivity index (χ4v) is 3.45. The van der Waals surface area contributed by atoms with Crippen molar-refractivity contribution >= 4 is 11.8 Å². The van der Waals surface area contributed by atoms with Crippen LogP contribution in [0, 0.1) is 0 Å². The van der Waals surface area contributed by atoms with Gasteiger partial charge < -0.3 is 21.5 Å². The van der Waals surface area contributed by atoms with Gasteiger partial charge in [0, 0.05) is 6.20 Å². The number of phenolic OH excluding ortho intramolecular Hbond substituents is 1. The van der Waals surface area contributed by atoms with Gasteiger partial charge in [-0.2, -0.15) is 0 Å². The summed E-state index contributed by atoms with van der Waals surface area (Å²) in [5.74, 6) is -0.466. The van der Waals surface area contributed by atoms with Gasteiger partial charge >= 0.3 is 0 Å². The van der Waals surface area contributed by atoms with E-state index < -0.39 is 12.1 Å². The smallest absolute Gasteiger partial charge is 0.246 e. The summed E-state index contributed by atoms with van der Waals surface area (Å²) in [6.45, 7) is 5.63. The summed E-state index contributed by atoms with van der Waals surface area (Å²) in [5, 5.41) is 15.3. The predicted octanol–water partition coefficient (Wildman–Crippen LogP) is 2.76. The van der Waals surface area contributed by atoms with Crippen LogP contribution < -0.4 is 16.4 Å². The number of aryl methyl sites for hydroxylation is 2. The number of amides is 2. The quantitative estimate of drug-likeness (QED) is 0.472. The molecule has 0 radical (unpaired) electrons. The van der Waals surface area contributed by atoms with E-state index in [2.05, 4.69) is 10.6 Å². The van der Waals surface area contributed by atoms with Crippen molar-refractivity contribution in [3.63, 3.8) is 0 Å². The van der Waals surface area contributed by atoms with Crippen molar-refractivity contribution in [3.05, 3.63) is 77.0 Å². The minimum absolute atomic E-state index is 0.223. The summed E-state index contributed by atoms with van der Waals surface area (Å²) >= 11 is 0. The van der Waals surface area contributed by atoms with Gasteiger partial charge in [0.15, 0.2) is 0 Å². The number of carbonyl (C=O) groups is 2. The van der Waals surface area contributed by atoms with Crippen molar-refractivity contribution in [3.8, 4) is 5.75 Å². The molecular formula is C25H33N3O3. The average molecular weight is 424 g/mol. The molecular weight excluding hydrogens is 390 g/mol. The van der Waals surface area contributed by atoms with Crippen LogP contribution in [0.5, 0.6) is 5.75 Å². The minimum atomic E-state index is -0.788. The molecule has 2 amide bonds. The molecule has 0 bridgehead atoms. The minimum Gasteiger partial charge on any atom is -0.508 e. The van der Waals surface area contributed by atoms with E-state index in [4.69, 9.17) is 5.73 Å². The van der Waals surface area contributed by atoms with Crippen LogP contribution in [0.4, 0.5) is 0 Å². The Hall–Kier alpha value is -3.12. The standard InChI is InChI=1S/C25H33N3O3/c1-4-19-14-21(29)15-20(5-2)22(19)16-23(26)25(31)28-17(3)24(30)27-13-9-12-18-10-7-6-8-11-18/h6-11,13-15,17,23,29H,4-5,12,16,26H2,1-3H3,(H,27,30)(H,28,31)/t17-,23+/m1/s1. The van der Waals surface area contributed by atoms with Crippen molar-refractivity contribution < 1.29 is 14.7 Å². The van der Waals surface area contributed by atoms with E-state index in [0.717, 1.165) is 35.1 Å². The van der Waals surface area contributed by atoms with Crippen molar-refractivity contribution in [1.29, 1.82) is 0 Å². The molecule has 0 spiro atoms. The van der Waals surface area contributed by atoms with E-state index in [9.17, 15) is 14.7 Å². The third-order valence-electron chi connectivity index (χ3n) is 5.23. The molecule has 0 heterocycles. The Kier molecular flexibility index (Phi) is 9.28. The highest BCUT2D eigenvalue weighted by Gasteiger charge is 2.22. The van der Waals surface area contributed by atoms with Gasteiger partial charge in [-0.05, 0) is 67.0 Å². The molecule has 2 atom stereocenters. The zero-order valence-corrected chi connectivity index (χ0v) is 18.5. The lowest BCUT2D eigenvalue weighted by molar-refractivity contribution is -0.128. The second-order valence-electron chi connectivity index (χ2n) is 7.59.